The second-order valence-corrected chi connectivity index (χ2v) is 7.87. The average molecular weight is 361 g/mol. The standard InChI is InChI=1S/C19H28N4OS/c1-21(2)11-12-22-10-8-20-19(22)17-4-3-9-23(14-17)18(24)6-5-16-7-13-25-15-16/h7-8,10,13,15,17H,3-6,9,11-12,14H2,1-2H3/t17-/m1/s1. The fourth-order valence-corrected chi connectivity index (χ4v) is 4.14. The van der Waals surface area contributed by atoms with Crippen molar-refractivity contribution in [3.63, 3.8) is 0 Å². The first-order valence-corrected chi connectivity index (χ1v) is 10.0. The Morgan fingerprint density at radius 2 is 2.32 bits per heavy atom. The molecule has 3 rings (SSSR count). The number of piperidine rings is 1. The minimum atomic E-state index is 0.280. The number of hydrogen-bond acceptors (Lipinski definition) is 4. The lowest BCUT2D eigenvalue weighted by Crippen LogP contribution is -2.40. The molecule has 0 bridgehead atoms. The summed E-state index contributed by atoms with van der Waals surface area (Å²) in [5, 5.41) is 4.21. The molecular formula is C19H28N4OS. The van der Waals surface area contributed by atoms with Crippen LogP contribution in [0.1, 0.15) is 36.6 Å². The molecule has 2 aromatic heterocycles. The molecule has 0 radical (unpaired) electrons. The van der Waals surface area contributed by atoms with Gasteiger partial charge in [0.1, 0.15) is 5.82 Å². The lowest BCUT2D eigenvalue weighted by Gasteiger charge is -2.33. The number of likely N-dealkylation sites (N-methyl/N-ethyl adjacent to an activating group) is 1. The number of imidazole rings is 1. The maximum Gasteiger partial charge on any atom is 0.222 e. The van der Waals surface area contributed by atoms with Crippen LogP contribution >= 0.6 is 11.3 Å². The summed E-state index contributed by atoms with van der Waals surface area (Å²) in [5.41, 5.74) is 1.27. The van der Waals surface area contributed by atoms with Crippen LogP contribution in [0.25, 0.3) is 0 Å². The number of carbonyl (C=O) groups excluding carboxylic acids is 1. The largest absolute Gasteiger partial charge is 0.342 e. The average Bonchev–Trinajstić information content (AvgIpc) is 3.29. The molecular weight excluding hydrogens is 332 g/mol. The molecule has 1 atom stereocenters. The van der Waals surface area contributed by atoms with Gasteiger partial charge in [-0.2, -0.15) is 11.3 Å². The Bertz CT molecular complexity index is 665. The van der Waals surface area contributed by atoms with Gasteiger partial charge in [0, 0.05) is 50.9 Å². The highest BCUT2D eigenvalue weighted by Crippen LogP contribution is 2.26. The number of hydrogen-bond donors (Lipinski definition) is 0. The number of carbonyl (C=O) groups is 1. The van der Waals surface area contributed by atoms with Crippen LogP contribution < -0.4 is 0 Å². The summed E-state index contributed by atoms with van der Waals surface area (Å²) in [6.07, 6.45) is 7.60. The van der Waals surface area contributed by atoms with Crippen LogP contribution in [0, 0.1) is 0 Å². The van der Waals surface area contributed by atoms with Crippen molar-refractivity contribution in [2.45, 2.75) is 38.1 Å². The minimum absolute atomic E-state index is 0.280. The predicted octanol–water partition coefficient (Wildman–Crippen LogP) is 2.85. The van der Waals surface area contributed by atoms with E-state index in [1.54, 1.807) is 11.3 Å². The smallest absolute Gasteiger partial charge is 0.222 e. The molecule has 25 heavy (non-hydrogen) atoms. The van der Waals surface area contributed by atoms with Crippen LogP contribution in [0.2, 0.25) is 0 Å². The van der Waals surface area contributed by atoms with E-state index in [9.17, 15) is 4.79 Å². The molecule has 1 amide bonds. The second kappa shape index (κ2) is 8.63. The number of thiophene rings is 1. The van der Waals surface area contributed by atoms with E-state index < -0.39 is 0 Å². The molecule has 1 aliphatic rings. The normalized spacial score (nSPS) is 18.0. The van der Waals surface area contributed by atoms with Gasteiger partial charge in [-0.25, -0.2) is 4.98 Å². The lowest BCUT2D eigenvalue weighted by molar-refractivity contribution is -0.132. The van der Waals surface area contributed by atoms with Crippen LogP contribution in [-0.4, -0.2) is 59.0 Å². The van der Waals surface area contributed by atoms with Gasteiger partial charge in [-0.3, -0.25) is 4.79 Å². The van der Waals surface area contributed by atoms with E-state index in [4.69, 9.17) is 0 Å². The molecule has 136 valence electrons. The molecule has 0 unspecified atom stereocenters. The molecule has 1 saturated heterocycles. The van der Waals surface area contributed by atoms with Crippen LogP contribution in [0.15, 0.2) is 29.2 Å². The van der Waals surface area contributed by atoms with Gasteiger partial charge < -0.3 is 14.4 Å². The fourth-order valence-electron chi connectivity index (χ4n) is 3.44. The van der Waals surface area contributed by atoms with E-state index in [0.717, 1.165) is 51.3 Å². The summed E-state index contributed by atoms with van der Waals surface area (Å²) in [5.74, 6) is 1.77. The molecule has 0 N–H and O–H groups in total. The number of amides is 1. The number of nitrogens with zero attached hydrogens (tertiary/aromatic N) is 4. The van der Waals surface area contributed by atoms with Crippen molar-refractivity contribution >= 4 is 17.2 Å². The predicted molar refractivity (Wildman–Crippen MR) is 102 cm³/mol. The first-order chi connectivity index (χ1) is 12.1. The van der Waals surface area contributed by atoms with Crippen molar-refractivity contribution in [1.82, 2.24) is 19.4 Å². The SMILES string of the molecule is CN(C)CCn1ccnc1[C@@H]1CCCN(C(=O)CCc2ccsc2)C1. The van der Waals surface area contributed by atoms with Crippen LogP contribution in [-0.2, 0) is 17.8 Å². The molecule has 0 saturated carbocycles. The van der Waals surface area contributed by atoms with Gasteiger partial charge >= 0.3 is 0 Å². The fraction of sp³-hybridized carbons (Fsp3) is 0.579. The van der Waals surface area contributed by atoms with E-state index in [1.807, 2.05) is 11.1 Å². The zero-order valence-corrected chi connectivity index (χ0v) is 16.0. The summed E-state index contributed by atoms with van der Waals surface area (Å²) in [7, 11) is 4.18. The Kier molecular flexibility index (Phi) is 6.26. The van der Waals surface area contributed by atoms with Gasteiger partial charge in [-0.15, -0.1) is 0 Å². The number of rotatable bonds is 7. The summed E-state index contributed by atoms with van der Waals surface area (Å²) < 4.78 is 2.25. The van der Waals surface area contributed by atoms with Crippen LogP contribution in [0.5, 0.6) is 0 Å². The lowest BCUT2D eigenvalue weighted by atomic mass is 9.96. The maximum atomic E-state index is 12.6. The molecule has 6 heteroatoms. The highest BCUT2D eigenvalue weighted by molar-refractivity contribution is 7.07. The zero-order valence-electron chi connectivity index (χ0n) is 15.2. The van der Waals surface area contributed by atoms with Crippen molar-refractivity contribution in [3.05, 3.63) is 40.6 Å². The topological polar surface area (TPSA) is 41.4 Å². The molecule has 0 aliphatic carbocycles. The molecule has 1 aliphatic heterocycles. The Hall–Kier alpha value is -1.66. The molecule has 3 heterocycles. The Morgan fingerprint density at radius 3 is 3.08 bits per heavy atom. The Labute approximate surface area is 154 Å². The van der Waals surface area contributed by atoms with Gasteiger partial charge in [0.15, 0.2) is 0 Å². The molecule has 1 fully saturated rings. The van der Waals surface area contributed by atoms with Crippen molar-refractivity contribution < 1.29 is 4.79 Å². The van der Waals surface area contributed by atoms with Crippen LogP contribution in [0.4, 0.5) is 0 Å². The van der Waals surface area contributed by atoms with Crippen molar-refractivity contribution in [3.8, 4) is 0 Å². The number of likely N-dealkylation sites (tertiary alicyclic amines) is 1. The summed E-state index contributed by atoms with van der Waals surface area (Å²) in [4.78, 5) is 21.4. The van der Waals surface area contributed by atoms with Gasteiger partial charge in [0.05, 0.1) is 0 Å². The van der Waals surface area contributed by atoms with Crippen molar-refractivity contribution in [2.75, 3.05) is 33.7 Å². The molecule has 2 aromatic rings. The summed E-state index contributed by atoms with van der Waals surface area (Å²) in [6.45, 7) is 3.64. The highest BCUT2D eigenvalue weighted by atomic mass is 32.1. The monoisotopic (exact) mass is 360 g/mol. The van der Waals surface area contributed by atoms with Crippen molar-refractivity contribution in [2.24, 2.45) is 0 Å². The molecule has 0 aromatic carbocycles. The minimum Gasteiger partial charge on any atom is -0.342 e. The van der Waals surface area contributed by atoms with E-state index in [0.29, 0.717) is 12.3 Å². The number of aryl methyl sites for hydroxylation is 1. The molecule has 5 nitrogen and oxygen atoms in total. The Morgan fingerprint density at radius 1 is 1.44 bits per heavy atom. The van der Waals surface area contributed by atoms with E-state index in [1.165, 1.54) is 5.56 Å². The quantitative estimate of drug-likeness (QED) is 0.762. The van der Waals surface area contributed by atoms with E-state index >= 15 is 0 Å². The van der Waals surface area contributed by atoms with Gasteiger partial charge in [0.25, 0.3) is 0 Å². The first kappa shape index (κ1) is 18.1. The van der Waals surface area contributed by atoms with E-state index in [-0.39, 0.29) is 5.91 Å². The Balaban J connectivity index is 1.57. The van der Waals surface area contributed by atoms with Gasteiger partial charge in [-0.1, -0.05) is 0 Å². The number of aromatic nitrogens is 2. The first-order valence-electron chi connectivity index (χ1n) is 9.08. The van der Waals surface area contributed by atoms with Crippen molar-refractivity contribution in [1.29, 1.82) is 0 Å². The third-order valence-electron chi connectivity index (χ3n) is 4.88. The third kappa shape index (κ3) is 4.92. The second-order valence-electron chi connectivity index (χ2n) is 7.09. The zero-order chi connectivity index (χ0) is 17.6. The van der Waals surface area contributed by atoms with Crippen LogP contribution in [0.3, 0.4) is 0 Å². The van der Waals surface area contributed by atoms with Gasteiger partial charge in [-0.05, 0) is 55.7 Å². The van der Waals surface area contributed by atoms with Gasteiger partial charge in [0.2, 0.25) is 5.91 Å². The summed E-state index contributed by atoms with van der Waals surface area (Å²) in [6, 6.07) is 2.11. The highest BCUT2D eigenvalue weighted by Gasteiger charge is 2.27. The van der Waals surface area contributed by atoms with E-state index in [2.05, 4.69) is 51.6 Å². The summed E-state index contributed by atoms with van der Waals surface area (Å²) >= 11 is 1.69. The maximum absolute atomic E-state index is 12.6. The third-order valence-corrected chi connectivity index (χ3v) is 5.61. The molecule has 0 spiro atoms.